The first-order valence-electron chi connectivity index (χ1n) is 8.88. The molecule has 2 amide bonds. The van der Waals surface area contributed by atoms with Gasteiger partial charge >= 0.3 is 0 Å². The average molecular weight is 332 g/mol. The van der Waals surface area contributed by atoms with Gasteiger partial charge in [-0.2, -0.15) is 0 Å². The molecule has 0 saturated heterocycles. The molecule has 24 heavy (non-hydrogen) atoms. The minimum absolute atomic E-state index is 0.0456. The number of nitrogens with one attached hydrogen (secondary N) is 2. The van der Waals surface area contributed by atoms with Crippen molar-refractivity contribution < 1.29 is 14.3 Å². The molecule has 1 fully saturated rings. The summed E-state index contributed by atoms with van der Waals surface area (Å²) in [4.78, 5) is 24.1. The Bertz CT molecular complexity index is 559. The summed E-state index contributed by atoms with van der Waals surface area (Å²) in [6.07, 6.45) is 3.95. The summed E-state index contributed by atoms with van der Waals surface area (Å²) in [6, 6.07) is 7.07. The van der Waals surface area contributed by atoms with Crippen LogP contribution in [-0.4, -0.2) is 31.6 Å². The fourth-order valence-corrected chi connectivity index (χ4v) is 2.49. The zero-order valence-electron chi connectivity index (χ0n) is 14.6. The zero-order valence-corrected chi connectivity index (χ0v) is 14.6. The lowest BCUT2D eigenvalue weighted by atomic mass is 10.2. The molecular weight excluding hydrogens is 304 g/mol. The Morgan fingerprint density at radius 2 is 2.00 bits per heavy atom. The maximum absolute atomic E-state index is 12.2. The van der Waals surface area contributed by atoms with Crippen molar-refractivity contribution in [1.29, 1.82) is 0 Å². The molecule has 1 aliphatic rings. The van der Waals surface area contributed by atoms with E-state index in [2.05, 4.69) is 24.5 Å². The maximum atomic E-state index is 12.2. The highest BCUT2D eigenvalue weighted by molar-refractivity contribution is 5.98. The number of hydrogen-bond donors (Lipinski definition) is 2. The Hall–Kier alpha value is -1.88. The molecule has 132 valence electrons. The predicted molar refractivity (Wildman–Crippen MR) is 95.0 cm³/mol. The zero-order chi connectivity index (χ0) is 17.4. The lowest BCUT2D eigenvalue weighted by Gasteiger charge is -2.08. The number of ether oxygens (including phenoxy) is 1. The van der Waals surface area contributed by atoms with Crippen molar-refractivity contribution in [3.63, 3.8) is 0 Å². The molecule has 0 aromatic heterocycles. The summed E-state index contributed by atoms with van der Waals surface area (Å²) in [6.45, 7) is 6.23. The fourth-order valence-electron chi connectivity index (χ4n) is 2.49. The highest BCUT2D eigenvalue weighted by Crippen LogP contribution is 2.38. The molecule has 1 aromatic rings. The average Bonchev–Trinajstić information content (AvgIpc) is 3.31. The van der Waals surface area contributed by atoms with Gasteiger partial charge in [0.05, 0.1) is 0 Å². The Morgan fingerprint density at radius 3 is 2.71 bits per heavy atom. The molecule has 0 radical (unpaired) electrons. The minimum atomic E-state index is -0.126. The van der Waals surface area contributed by atoms with Gasteiger partial charge in [-0.05, 0) is 43.4 Å². The van der Waals surface area contributed by atoms with Crippen molar-refractivity contribution in [1.82, 2.24) is 5.32 Å². The van der Waals surface area contributed by atoms with Crippen LogP contribution >= 0.6 is 0 Å². The minimum Gasteiger partial charge on any atom is -0.381 e. The molecular formula is C19H28N2O3. The number of hydrogen-bond acceptors (Lipinski definition) is 3. The van der Waals surface area contributed by atoms with E-state index in [0.717, 1.165) is 32.3 Å². The van der Waals surface area contributed by atoms with Crippen LogP contribution in [0.1, 0.15) is 49.9 Å². The monoisotopic (exact) mass is 332 g/mol. The molecule has 0 spiro atoms. The fraction of sp³-hybridized carbons (Fsp3) is 0.579. The van der Waals surface area contributed by atoms with E-state index in [1.165, 1.54) is 0 Å². The van der Waals surface area contributed by atoms with Crippen molar-refractivity contribution in [2.24, 2.45) is 11.8 Å². The number of unbranched alkanes of at least 4 members (excludes halogenated alkanes) is 1. The van der Waals surface area contributed by atoms with Crippen LogP contribution in [0.25, 0.3) is 0 Å². The Balaban J connectivity index is 1.72. The van der Waals surface area contributed by atoms with Crippen molar-refractivity contribution in [2.75, 3.05) is 25.1 Å². The third-order valence-electron chi connectivity index (χ3n) is 4.23. The lowest BCUT2D eigenvalue weighted by molar-refractivity contribution is -0.117. The van der Waals surface area contributed by atoms with Gasteiger partial charge in [0.25, 0.3) is 5.91 Å². The summed E-state index contributed by atoms with van der Waals surface area (Å²) < 4.78 is 5.46. The summed E-state index contributed by atoms with van der Waals surface area (Å²) in [5, 5.41) is 5.77. The normalized spacial score (nSPS) is 18.9. The van der Waals surface area contributed by atoms with Crippen molar-refractivity contribution in [3.05, 3.63) is 29.8 Å². The van der Waals surface area contributed by atoms with Crippen LogP contribution in [0.4, 0.5) is 5.69 Å². The summed E-state index contributed by atoms with van der Waals surface area (Å²) in [7, 11) is 0. The van der Waals surface area contributed by atoms with Gasteiger partial charge < -0.3 is 15.4 Å². The predicted octanol–water partition coefficient (Wildman–Crippen LogP) is 3.22. The van der Waals surface area contributed by atoms with Gasteiger partial charge in [0.2, 0.25) is 5.91 Å². The van der Waals surface area contributed by atoms with E-state index in [1.807, 2.05) is 6.07 Å². The number of amides is 2. The molecule has 2 N–H and O–H groups in total. The second-order valence-electron chi connectivity index (χ2n) is 6.46. The molecule has 1 saturated carbocycles. The van der Waals surface area contributed by atoms with Crippen LogP contribution in [0.2, 0.25) is 0 Å². The van der Waals surface area contributed by atoms with E-state index in [9.17, 15) is 9.59 Å². The van der Waals surface area contributed by atoms with Gasteiger partial charge in [-0.3, -0.25) is 9.59 Å². The van der Waals surface area contributed by atoms with E-state index in [4.69, 9.17) is 4.74 Å². The van der Waals surface area contributed by atoms with Crippen LogP contribution in [-0.2, 0) is 9.53 Å². The third-order valence-corrected chi connectivity index (χ3v) is 4.23. The van der Waals surface area contributed by atoms with E-state index in [-0.39, 0.29) is 17.7 Å². The Labute approximate surface area is 144 Å². The molecule has 1 aromatic carbocycles. The van der Waals surface area contributed by atoms with Crippen molar-refractivity contribution in [3.8, 4) is 0 Å². The second kappa shape index (κ2) is 9.42. The first-order chi connectivity index (χ1) is 11.6. The Morgan fingerprint density at radius 1 is 1.25 bits per heavy atom. The van der Waals surface area contributed by atoms with Crippen LogP contribution < -0.4 is 10.6 Å². The second-order valence-corrected chi connectivity index (χ2v) is 6.46. The highest BCUT2D eigenvalue weighted by atomic mass is 16.5. The lowest BCUT2D eigenvalue weighted by Crippen LogP contribution is -2.25. The topological polar surface area (TPSA) is 67.4 Å². The van der Waals surface area contributed by atoms with Gasteiger partial charge in [-0.25, -0.2) is 0 Å². The van der Waals surface area contributed by atoms with Crippen molar-refractivity contribution in [2.45, 2.75) is 39.5 Å². The molecule has 2 atom stereocenters. The van der Waals surface area contributed by atoms with Gasteiger partial charge in [0, 0.05) is 36.9 Å². The third kappa shape index (κ3) is 5.96. The van der Waals surface area contributed by atoms with Crippen LogP contribution in [0.15, 0.2) is 24.3 Å². The maximum Gasteiger partial charge on any atom is 0.251 e. The Kier molecular flexibility index (Phi) is 7.25. The van der Waals surface area contributed by atoms with Crippen LogP contribution in [0, 0.1) is 11.8 Å². The number of anilines is 1. The van der Waals surface area contributed by atoms with Gasteiger partial charge in [0.1, 0.15) is 0 Å². The summed E-state index contributed by atoms with van der Waals surface area (Å²) in [5.41, 5.74) is 1.23. The molecule has 0 heterocycles. The molecule has 0 bridgehead atoms. The highest BCUT2D eigenvalue weighted by Gasteiger charge is 2.39. The summed E-state index contributed by atoms with van der Waals surface area (Å²) in [5.74, 6) is 0.509. The number of rotatable bonds is 10. The molecule has 1 aliphatic carbocycles. The van der Waals surface area contributed by atoms with Crippen LogP contribution in [0.5, 0.6) is 0 Å². The first-order valence-corrected chi connectivity index (χ1v) is 8.88. The van der Waals surface area contributed by atoms with Gasteiger partial charge in [-0.1, -0.05) is 26.3 Å². The number of carbonyl (C=O) groups is 2. The molecule has 5 heteroatoms. The van der Waals surface area contributed by atoms with E-state index in [0.29, 0.717) is 30.3 Å². The molecule has 2 rings (SSSR count). The molecule has 0 aliphatic heterocycles. The smallest absolute Gasteiger partial charge is 0.251 e. The number of carbonyl (C=O) groups excluding carboxylic acids is 2. The van der Waals surface area contributed by atoms with Crippen molar-refractivity contribution >= 4 is 17.5 Å². The van der Waals surface area contributed by atoms with Gasteiger partial charge in [-0.15, -0.1) is 0 Å². The van der Waals surface area contributed by atoms with E-state index < -0.39 is 0 Å². The molecule has 5 nitrogen and oxygen atoms in total. The standard InChI is InChI=1S/C19H28N2O3/c1-3-4-10-24-11-6-9-20-18(22)15-7-5-8-16(13-15)21-19(23)17-12-14(17)2/h5,7-8,13-14,17H,3-4,6,9-12H2,1-2H3,(H,20,22)(H,21,23). The van der Waals surface area contributed by atoms with Crippen LogP contribution in [0.3, 0.4) is 0 Å². The van der Waals surface area contributed by atoms with E-state index in [1.54, 1.807) is 18.2 Å². The first kappa shape index (κ1) is 18.5. The summed E-state index contributed by atoms with van der Waals surface area (Å²) >= 11 is 0. The van der Waals surface area contributed by atoms with E-state index >= 15 is 0 Å². The van der Waals surface area contributed by atoms with Gasteiger partial charge in [0.15, 0.2) is 0 Å². The molecule has 2 unspecified atom stereocenters. The SMILES string of the molecule is CCCCOCCCNC(=O)c1cccc(NC(=O)C2CC2C)c1. The number of benzene rings is 1. The largest absolute Gasteiger partial charge is 0.381 e. The quantitative estimate of drug-likeness (QED) is 0.647.